The van der Waals surface area contributed by atoms with E-state index in [0.29, 0.717) is 6.61 Å². The van der Waals surface area contributed by atoms with Gasteiger partial charge in [0.2, 0.25) is 0 Å². The van der Waals surface area contributed by atoms with Gasteiger partial charge in [-0.25, -0.2) is 4.98 Å². The van der Waals surface area contributed by atoms with E-state index in [1.807, 2.05) is 37.3 Å². The number of nitrogens with zero attached hydrogens (tertiary/aromatic N) is 2. The molecule has 1 aliphatic rings. The third kappa shape index (κ3) is 3.16. The molecule has 2 heterocycles. The Hall–Kier alpha value is -2.07. The van der Waals surface area contributed by atoms with Crippen molar-refractivity contribution in [2.24, 2.45) is 0 Å². The lowest BCUT2D eigenvalue weighted by atomic mass is 10.1. The van der Waals surface area contributed by atoms with Crippen molar-refractivity contribution in [3.8, 4) is 5.75 Å². The molecule has 3 rings (SSSR count). The Kier molecular flexibility index (Phi) is 4.06. The molecule has 4 heteroatoms. The summed E-state index contributed by atoms with van der Waals surface area (Å²) < 4.78 is 11.2. The van der Waals surface area contributed by atoms with Gasteiger partial charge in [0.25, 0.3) is 0 Å². The maximum absolute atomic E-state index is 5.92. The highest BCUT2D eigenvalue weighted by molar-refractivity contribution is 5.41. The Labute approximate surface area is 125 Å². The third-order valence-electron chi connectivity index (χ3n) is 3.73. The van der Waals surface area contributed by atoms with Gasteiger partial charge in [0.05, 0.1) is 13.7 Å². The molecule has 0 unspecified atom stereocenters. The number of hydrogen-bond donors (Lipinski definition) is 0. The molecule has 110 valence electrons. The van der Waals surface area contributed by atoms with Crippen LogP contribution in [0.2, 0.25) is 0 Å². The standard InChI is InChI=1S/C17H20N2O2/c1-13-5-3-8-17(18-13)19-9-10-21-16(12-19)14-6-4-7-15(11-14)20-2/h3-8,11,16H,9-10,12H2,1-2H3/t16-/m1/s1. The molecule has 1 aromatic carbocycles. The number of anilines is 1. The van der Waals surface area contributed by atoms with Crippen LogP contribution in [-0.4, -0.2) is 31.8 Å². The molecular weight excluding hydrogens is 264 g/mol. The van der Waals surface area contributed by atoms with E-state index < -0.39 is 0 Å². The van der Waals surface area contributed by atoms with E-state index in [2.05, 4.69) is 22.0 Å². The van der Waals surface area contributed by atoms with Crippen LogP contribution >= 0.6 is 0 Å². The van der Waals surface area contributed by atoms with Crippen LogP contribution in [0.25, 0.3) is 0 Å². The fourth-order valence-electron chi connectivity index (χ4n) is 2.61. The summed E-state index contributed by atoms with van der Waals surface area (Å²) in [6.45, 7) is 4.40. The van der Waals surface area contributed by atoms with Crippen LogP contribution in [0, 0.1) is 6.92 Å². The number of aromatic nitrogens is 1. The first-order valence-corrected chi connectivity index (χ1v) is 7.20. The van der Waals surface area contributed by atoms with Gasteiger partial charge in [0.1, 0.15) is 17.7 Å². The van der Waals surface area contributed by atoms with Gasteiger partial charge in [-0.15, -0.1) is 0 Å². The highest BCUT2D eigenvalue weighted by atomic mass is 16.5. The molecule has 0 spiro atoms. The van der Waals surface area contributed by atoms with Gasteiger partial charge in [0.15, 0.2) is 0 Å². The molecule has 0 saturated carbocycles. The van der Waals surface area contributed by atoms with Gasteiger partial charge >= 0.3 is 0 Å². The molecule has 1 aromatic heterocycles. The van der Waals surface area contributed by atoms with E-state index in [4.69, 9.17) is 9.47 Å². The van der Waals surface area contributed by atoms with Crippen molar-refractivity contribution in [1.82, 2.24) is 4.98 Å². The lowest BCUT2D eigenvalue weighted by Gasteiger charge is -2.34. The molecule has 21 heavy (non-hydrogen) atoms. The molecule has 0 N–H and O–H groups in total. The van der Waals surface area contributed by atoms with E-state index in [1.165, 1.54) is 0 Å². The first kappa shape index (κ1) is 13.9. The second-order valence-corrected chi connectivity index (χ2v) is 5.22. The number of benzene rings is 1. The Morgan fingerprint density at radius 3 is 2.90 bits per heavy atom. The number of ether oxygens (including phenoxy) is 2. The summed E-state index contributed by atoms with van der Waals surface area (Å²) in [5.41, 5.74) is 2.18. The van der Waals surface area contributed by atoms with Crippen LogP contribution in [0.5, 0.6) is 5.75 Å². The molecule has 0 radical (unpaired) electrons. The third-order valence-corrected chi connectivity index (χ3v) is 3.73. The minimum absolute atomic E-state index is 0.0520. The van der Waals surface area contributed by atoms with Gasteiger partial charge in [-0.2, -0.15) is 0 Å². The summed E-state index contributed by atoms with van der Waals surface area (Å²) in [6, 6.07) is 14.2. The van der Waals surface area contributed by atoms with Crippen LogP contribution in [0.15, 0.2) is 42.5 Å². The predicted molar refractivity (Wildman–Crippen MR) is 82.9 cm³/mol. The van der Waals surface area contributed by atoms with Crippen molar-refractivity contribution >= 4 is 5.82 Å². The summed E-state index contributed by atoms with van der Waals surface area (Å²) in [5.74, 6) is 1.88. The second-order valence-electron chi connectivity index (χ2n) is 5.22. The molecule has 1 atom stereocenters. The highest BCUT2D eigenvalue weighted by Crippen LogP contribution is 2.27. The summed E-state index contributed by atoms with van der Waals surface area (Å²) in [7, 11) is 1.68. The van der Waals surface area contributed by atoms with Crippen LogP contribution < -0.4 is 9.64 Å². The van der Waals surface area contributed by atoms with Crippen LogP contribution in [0.3, 0.4) is 0 Å². The lowest BCUT2D eigenvalue weighted by molar-refractivity contribution is 0.0394. The molecule has 1 fully saturated rings. The van der Waals surface area contributed by atoms with Crippen molar-refractivity contribution in [3.63, 3.8) is 0 Å². The zero-order valence-corrected chi connectivity index (χ0v) is 12.5. The number of methoxy groups -OCH3 is 1. The Morgan fingerprint density at radius 1 is 1.24 bits per heavy atom. The smallest absolute Gasteiger partial charge is 0.128 e. The van der Waals surface area contributed by atoms with Gasteiger partial charge in [-0.1, -0.05) is 18.2 Å². The van der Waals surface area contributed by atoms with Crippen LogP contribution in [-0.2, 0) is 4.74 Å². The lowest BCUT2D eigenvalue weighted by Crippen LogP contribution is -2.38. The van der Waals surface area contributed by atoms with Crippen molar-refractivity contribution in [2.45, 2.75) is 13.0 Å². The summed E-state index contributed by atoms with van der Waals surface area (Å²) in [5, 5.41) is 0. The largest absolute Gasteiger partial charge is 0.497 e. The molecule has 2 aromatic rings. The topological polar surface area (TPSA) is 34.6 Å². The first-order valence-electron chi connectivity index (χ1n) is 7.20. The minimum Gasteiger partial charge on any atom is -0.497 e. The normalized spacial score (nSPS) is 18.6. The number of rotatable bonds is 3. The van der Waals surface area contributed by atoms with Crippen molar-refractivity contribution in [3.05, 3.63) is 53.7 Å². The van der Waals surface area contributed by atoms with Crippen molar-refractivity contribution in [2.75, 3.05) is 31.7 Å². The molecule has 1 aliphatic heterocycles. The quantitative estimate of drug-likeness (QED) is 0.868. The van der Waals surface area contributed by atoms with Crippen LogP contribution in [0.4, 0.5) is 5.82 Å². The van der Waals surface area contributed by atoms with Gasteiger partial charge in [0, 0.05) is 18.8 Å². The zero-order valence-electron chi connectivity index (χ0n) is 12.5. The van der Waals surface area contributed by atoms with Gasteiger partial charge in [-0.3, -0.25) is 0 Å². The molecule has 4 nitrogen and oxygen atoms in total. The second kappa shape index (κ2) is 6.14. The van der Waals surface area contributed by atoms with Crippen LogP contribution in [0.1, 0.15) is 17.4 Å². The highest BCUT2D eigenvalue weighted by Gasteiger charge is 2.23. The minimum atomic E-state index is 0.0520. The molecule has 0 amide bonds. The maximum Gasteiger partial charge on any atom is 0.128 e. The molecule has 0 aliphatic carbocycles. The summed E-state index contributed by atoms with van der Waals surface area (Å²) >= 11 is 0. The average Bonchev–Trinajstić information content (AvgIpc) is 2.55. The Morgan fingerprint density at radius 2 is 2.10 bits per heavy atom. The number of hydrogen-bond acceptors (Lipinski definition) is 4. The molecule has 1 saturated heterocycles. The van der Waals surface area contributed by atoms with E-state index in [9.17, 15) is 0 Å². The Balaban J connectivity index is 1.79. The number of morpholine rings is 1. The van der Waals surface area contributed by atoms with E-state index >= 15 is 0 Å². The van der Waals surface area contributed by atoms with E-state index in [1.54, 1.807) is 7.11 Å². The number of aryl methyl sites for hydroxylation is 1. The van der Waals surface area contributed by atoms with E-state index in [0.717, 1.165) is 35.9 Å². The molecule has 0 bridgehead atoms. The Bertz CT molecular complexity index is 615. The first-order chi connectivity index (χ1) is 10.3. The van der Waals surface area contributed by atoms with Gasteiger partial charge < -0.3 is 14.4 Å². The molecular formula is C17H20N2O2. The predicted octanol–water partition coefficient (Wildman–Crippen LogP) is 2.98. The summed E-state index contributed by atoms with van der Waals surface area (Å²) in [6.07, 6.45) is 0.0520. The monoisotopic (exact) mass is 284 g/mol. The van der Waals surface area contributed by atoms with Gasteiger partial charge in [-0.05, 0) is 36.8 Å². The zero-order chi connectivity index (χ0) is 14.7. The fraction of sp³-hybridized carbons (Fsp3) is 0.353. The van der Waals surface area contributed by atoms with Crippen molar-refractivity contribution < 1.29 is 9.47 Å². The van der Waals surface area contributed by atoms with E-state index in [-0.39, 0.29) is 6.10 Å². The summed E-state index contributed by atoms with van der Waals surface area (Å²) in [4.78, 5) is 6.88. The average molecular weight is 284 g/mol. The SMILES string of the molecule is COc1cccc([C@H]2CN(c3cccc(C)n3)CCO2)c1. The van der Waals surface area contributed by atoms with Crippen molar-refractivity contribution in [1.29, 1.82) is 0 Å². The fourth-order valence-corrected chi connectivity index (χ4v) is 2.61. The maximum atomic E-state index is 5.92. The number of pyridine rings is 1.